The molecule has 0 aliphatic heterocycles. The first-order valence-electron chi connectivity index (χ1n) is 5.79. The van der Waals surface area contributed by atoms with Crippen LogP contribution in [0, 0.1) is 5.92 Å². The minimum Gasteiger partial charge on any atom is -0.363 e. The van der Waals surface area contributed by atoms with Gasteiger partial charge in [-0.05, 0) is 24.0 Å². The van der Waals surface area contributed by atoms with E-state index in [1.807, 2.05) is 7.05 Å². The van der Waals surface area contributed by atoms with Gasteiger partial charge in [-0.2, -0.15) is 0 Å². The highest BCUT2D eigenvalue weighted by molar-refractivity contribution is 7.18. The second-order valence-corrected chi connectivity index (χ2v) is 5.44. The summed E-state index contributed by atoms with van der Waals surface area (Å²) in [4.78, 5) is 0. The fourth-order valence-electron chi connectivity index (χ4n) is 1.74. The Hall–Kier alpha value is -1.42. The Morgan fingerprint density at radius 1 is 1.29 bits per heavy atom. The molecule has 90 valence electrons. The van der Waals surface area contributed by atoms with Crippen molar-refractivity contribution in [3.63, 3.8) is 0 Å². The Labute approximate surface area is 106 Å². The van der Waals surface area contributed by atoms with Gasteiger partial charge in [-0.3, -0.25) is 0 Å². The number of aromatic nitrogens is 2. The first-order chi connectivity index (χ1) is 8.19. The van der Waals surface area contributed by atoms with Crippen LogP contribution in [-0.2, 0) is 6.42 Å². The zero-order valence-corrected chi connectivity index (χ0v) is 11.2. The SMILES string of the molecule is CNc1nnc(-c2cccc(CC(C)C)c2)s1. The van der Waals surface area contributed by atoms with Gasteiger partial charge < -0.3 is 5.32 Å². The van der Waals surface area contributed by atoms with E-state index in [2.05, 4.69) is 53.6 Å². The molecule has 2 rings (SSSR count). The highest BCUT2D eigenvalue weighted by Crippen LogP contribution is 2.27. The molecule has 0 atom stereocenters. The molecule has 1 N–H and O–H groups in total. The fourth-order valence-corrected chi connectivity index (χ4v) is 2.44. The maximum absolute atomic E-state index is 4.18. The topological polar surface area (TPSA) is 37.8 Å². The van der Waals surface area contributed by atoms with Gasteiger partial charge in [0.2, 0.25) is 5.13 Å². The summed E-state index contributed by atoms with van der Waals surface area (Å²) in [5.41, 5.74) is 2.51. The first kappa shape index (κ1) is 12.0. The van der Waals surface area contributed by atoms with E-state index in [4.69, 9.17) is 0 Å². The molecular weight excluding hydrogens is 230 g/mol. The van der Waals surface area contributed by atoms with Gasteiger partial charge in [-0.15, -0.1) is 10.2 Å². The van der Waals surface area contributed by atoms with Crippen LogP contribution < -0.4 is 5.32 Å². The molecule has 0 bridgehead atoms. The van der Waals surface area contributed by atoms with Crippen LogP contribution in [0.3, 0.4) is 0 Å². The van der Waals surface area contributed by atoms with Gasteiger partial charge in [-0.1, -0.05) is 43.4 Å². The van der Waals surface area contributed by atoms with Gasteiger partial charge in [0, 0.05) is 12.6 Å². The molecule has 0 radical (unpaired) electrons. The lowest BCUT2D eigenvalue weighted by Crippen LogP contribution is -1.93. The standard InChI is InChI=1S/C13H17N3S/c1-9(2)7-10-5-4-6-11(8-10)12-15-16-13(14-3)17-12/h4-6,8-9H,7H2,1-3H3,(H,14,16). The normalized spacial score (nSPS) is 10.8. The quantitative estimate of drug-likeness (QED) is 0.899. The van der Waals surface area contributed by atoms with E-state index in [0.717, 1.165) is 22.1 Å². The minimum atomic E-state index is 0.674. The number of rotatable bonds is 4. The molecule has 0 saturated heterocycles. The van der Waals surface area contributed by atoms with Crippen LogP contribution in [0.5, 0.6) is 0 Å². The van der Waals surface area contributed by atoms with Gasteiger partial charge in [0.1, 0.15) is 5.01 Å². The highest BCUT2D eigenvalue weighted by atomic mass is 32.1. The minimum absolute atomic E-state index is 0.674. The van der Waals surface area contributed by atoms with Gasteiger partial charge in [0.05, 0.1) is 0 Å². The summed E-state index contributed by atoms with van der Waals surface area (Å²) in [6, 6.07) is 8.56. The summed E-state index contributed by atoms with van der Waals surface area (Å²) in [6.45, 7) is 4.47. The van der Waals surface area contributed by atoms with Crippen LogP contribution in [0.2, 0.25) is 0 Å². The van der Waals surface area contributed by atoms with Crippen molar-refractivity contribution in [2.75, 3.05) is 12.4 Å². The van der Waals surface area contributed by atoms with Crippen molar-refractivity contribution in [3.05, 3.63) is 29.8 Å². The molecule has 0 aliphatic rings. The Morgan fingerprint density at radius 3 is 2.76 bits per heavy atom. The summed E-state index contributed by atoms with van der Waals surface area (Å²) in [6.07, 6.45) is 1.10. The van der Waals surface area contributed by atoms with Crippen molar-refractivity contribution < 1.29 is 0 Å². The Bertz CT molecular complexity index is 491. The van der Waals surface area contributed by atoms with E-state index >= 15 is 0 Å². The van der Waals surface area contributed by atoms with Crippen molar-refractivity contribution in [3.8, 4) is 10.6 Å². The Balaban J connectivity index is 2.26. The van der Waals surface area contributed by atoms with Crippen LogP contribution in [0.15, 0.2) is 24.3 Å². The number of hydrogen-bond acceptors (Lipinski definition) is 4. The van der Waals surface area contributed by atoms with Gasteiger partial charge in [-0.25, -0.2) is 0 Å². The number of benzene rings is 1. The largest absolute Gasteiger partial charge is 0.363 e. The highest BCUT2D eigenvalue weighted by Gasteiger charge is 2.06. The maximum Gasteiger partial charge on any atom is 0.205 e. The third kappa shape index (κ3) is 3.03. The molecule has 1 aromatic carbocycles. The number of nitrogens with one attached hydrogen (secondary N) is 1. The predicted molar refractivity (Wildman–Crippen MR) is 73.4 cm³/mol. The molecular formula is C13H17N3S. The van der Waals surface area contributed by atoms with Crippen LogP contribution in [0.25, 0.3) is 10.6 Å². The molecule has 0 fully saturated rings. The summed E-state index contributed by atoms with van der Waals surface area (Å²) in [7, 11) is 1.86. The van der Waals surface area contributed by atoms with Gasteiger partial charge in [0.25, 0.3) is 0 Å². The van der Waals surface area contributed by atoms with Crippen LogP contribution in [-0.4, -0.2) is 17.2 Å². The third-order valence-electron chi connectivity index (χ3n) is 2.46. The zero-order valence-electron chi connectivity index (χ0n) is 10.4. The number of nitrogens with zero attached hydrogens (tertiary/aromatic N) is 2. The second kappa shape index (κ2) is 5.27. The van der Waals surface area contributed by atoms with E-state index < -0.39 is 0 Å². The Kier molecular flexibility index (Phi) is 3.74. The molecule has 17 heavy (non-hydrogen) atoms. The van der Waals surface area contributed by atoms with Crippen LogP contribution in [0.4, 0.5) is 5.13 Å². The lowest BCUT2D eigenvalue weighted by atomic mass is 10.0. The molecule has 3 nitrogen and oxygen atoms in total. The molecule has 1 heterocycles. The summed E-state index contributed by atoms with van der Waals surface area (Å²) in [5.74, 6) is 0.674. The van der Waals surface area contributed by atoms with Crippen molar-refractivity contribution in [2.24, 2.45) is 5.92 Å². The monoisotopic (exact) mass is 247 g/mol. The van der Waals surface area contributed by atoms with Crippen molar-refractivity contribution in [1.29, 1.82) is 0 Å². The molecule has 0 spiro atoms. The zero-order chi connectivity index (χ0) is 12.3. The summed E-state index contributed by atoms with van der Waals surface area (Å²) in [5, 5.41) is 13.1. The van der Waals surface area contributed by atoms with E-state index in [1.165, 1.54) is 5.56 Å². The van der Waals surface area contributed by atoms with Crippen LogP contribution in [0.1, 0.15) is 19.4 Å². The lowest BCUT2D eigenvalue weighted by Gasteiger charge is -2.05. The molecule has 1 aromatic heterocycles. The van der Waals surface area contributed by atoms with Gasteiger partial charge in [0.15, 0.2) is 0 Å². The molecule has 4 heteroatoms. The summed E-state index contributed by atoms with van der Waals surface area (Å²) >= 11 is 1.58. The number of hydrogen-bond donors (Lipinski definition) is 1. The van der Waals surface area contributed by atoms with E-state index in [0.29, 0.717) is 5.92 Å². The van der Waals surface area contributed by atoms with Crippen molar-refractivity contribution in [1.82, 2.24) is 10.2 Å². The molecule has 2 aromatic rings. The van der Waals surface area contributed by atoms with Gasteiger partial charge >= 0.3 is 0 Å². The van der Waals surface area contributed by atoms with E-state index in [9.17, 15) is 0 Å². The molecule has 0 unspecified atom stereocenters. The fraction of sp³-hybridized carbons (Fsp3) is 0.385. The predicted octanol–water partition coefficient (Wildman–Crippen LogP) is 3.45. The average Bonchev–Trinajstić information content (AvgIpc) is 2.77. The lowest BCUT2D eigenvalue weighted by molar-refractivity contribution is 0.647. The van der Waals surface area contributed by atoms with Crippen LogP contribution >= 0.6 is 11.3 Å². The average molecular weight is 247 g/mol. The molecule has 0 saturated carbocycles. The third-order valence-corrected chi connectivity index (χ3v) is 3.45. The molecule has 0 amide bonds. The van der Waals surface area contributed by atoms with Crippen molar-refractivity contribution in [2.45, 2.75) is 20.3 Å². The van der Waals surface area contributed by atoms with Crippen molar-refractivity contribution >= 4 is 16.5 Å². The summed E-state index contributed by atoms with van der Waals surface area (Å²) < 4.78 is 0. The maximum atomic E-state index is 4.18. The van der Waals surface area contributed by atoms with E-state index in [1.54, 1.807) is 11.3 Å². The number of anilines is 1. The Morgan fingerprint density at radius 2 is 2.12 bits per heavy atom. The first-order valence-corrected chi connectivity index (χ1v) is 6.61. The second-order valence-electron chi connectivity index (χ2n) is 4.46. The molecule has 0 aliphatic carbocycles. The van der Waals surface area contributed by atoms with E-state index in [-0.39, 0.29) is 0 Å². The smallest absolute Gasteiger partial charge is 0.205 e.